The largest absolute Gasteiger partial charge is 0.481 e. The summed E-state index contributed by atoms with van der Waals surface area (Å²) in [7, 11) is 4.08. The zero-order chi connectivity index (χ0) is 34.6. The van der Waals surface area contributed by atoms with E-state index in [0.717, 1.165) is 19.5 Å². The molecule has 264 valence electrons. The van der Waals surface area contributed by atoms with E-state index >= 15 is 0 Å². The number of aromatic carboxylic acids is 1. The van der Waals surface area contributed by atoms with Crippen molar-refractivity contribution in [2.75, 3.05) is 33.7 Å². The third-order valence-electron chi connectivity index (χ3n) is 15.4. The zero-order valence-corrected chi connectivity index (χ0v) is 30.4. The molecule has 0 saturated heterocycles. The Morgan fingerprint density at radius 2 is 1.54 bits per heavy atom. The van der Waals surface area contributed by atoms with Crippen LogP contribution in [-0.2, 0) is 9.59 Å². The lowest BCUT2D eigenvalue weighted by molar-refractivity contribution is -0.219. The molecule has 4 fully saturated rings. The van der Waals surface area contributed by atoms with Crippen molar-refractivity contribution in [2.45, 2.75) is 105 Å². The van der Waals surface area contributed by atoms with Gasteiger partial charge in [-0.2, -0.15) is 0 Å². The van der Waals surface area contributed by atoms with Crippen molar-refractivity contribution < 1.29 is 24.6 Å². The molecule has 9 atom stereocenters. The van der Waals surface area contributed by atoms with E-state index in [1.54, 1.807) is 12.1 Å². The number of nitrogens with zero attached hydrogens (tertiary/aromatic N) is 2. The molecule has 2 N–H and O–H groups in total. The van der Waals surface area contributed by atoms with Crippen LogP contribution >= 0.6 is 0 Å². The van der Waals surface area contributed by atoms with Crippen LogP contribution in [0, 0.1) is 51.2 Å². The number of carboxylic acid groups (broad SMARTS) is 2. The van der Waals surface area contributed by atoms with Gasteiger partial charge in [0.05, 0.1) is 12.0 Å². The second-order valence-electron chi connectivity index (χ2n) is 17.6. The van der Waals surface area contributed by atoms with Crippen molar-refractivity contribution in [3.05, 3.63) is 41.5 Å². The number of aliphatic carboxylic acids is 1. The highest BCUT2D eigenvalue weighted by Gasteiger charge is 2.68. The summed E-state index contributed by atoms with van der Waals surface area (Å²) < 4.78 is 0. The molecule has 48 heavy (non-hydrogen) atoms. The molecule has 7 nitrogen and oxygen atoms in total. The van der Waals surface area contributed by atoms with Gasteiger partial charge in [-0.25, -0.2) is 4.79 Å². The number of benzene rings is 1. The number of carbonyl (C=O) groups is 3. The predicted molar refractivity (Wildman–Crippen MR) is 189 cm³/mol. The molecule has 0 bridgehead atoms. The maximum Gasteiger partial charge on any atom is 0.335 e. The molecule has 0 aliphatic heterocycles. The molecule has 4 saturated carbocycles. The van der Waals surface area contributed by atoms with Crippen LogP contribution < -0.4 is 0 Å². The fourth-order valence-electron chi connectivity index (χ4n) is 12.8. The lowest BCUT2D eigenvalue weighted by Crippen LogP contribution is -2.64. The van der Waals surface area contributed by atoms with Gasteiger partial charge in [-0.05, 0) is 146 Å². The van der Waals surface area contributed by atoms with E-state index in [4.69, 9.17) is 0 Å². The Labute approximate surface area is 288 Å². The Balaban J connectivity index is 1.24. The van der Waals surface area contributed by atoms with E-state index in [9.17, 15) is 24.6 Å². The van der Waals surface area contributed by atoms with Gasteiger partial charge in [-0.1, -0.05) is 52.3 Å². The van der Waals surface area contributed by atoms with Gasteiger partial charge in [0, 0.05) is 26.1 Å². The SMILES string of the molecule is CC1C(c2ccc(C(=O)O)cc2)=CCC2(C)C1CCC1(C)C2CCC2C3CCCC3(CN(CCN(C)C)C(=O)CCC(=O)O)CC[C@]21C. The van der Waals surface area contributed by atoms with Gasteiger partial charge in [0.1, 0.15) is 0 Å². The summed E-state index contributed by atoms with van der Waals surface area (Å²) in [6, 6.07) is 7.51. The first-order chi connectivity index (χ1) is 22.6. The normalized spacial score (nSPS) is 38.6. The Bertz CT molecular complexity index is 1440. The summed E-state index contributed by atoms with van der Waals surface area (Å²) in [6.45, 7) is 12.6. The molecular formula is C41H60N2O5. The number of allylic oxidation sites excluding steroid dienone is 2. The van der Waals surface area contributed by atoms with Crippen LogP contribution in [-0.4, -0.2) is 71.6 Å². The average molecular weight is 661 g/mol. The third-order valence-corrected chi connectivity index (χ3v) is 15.4. The molecule has 1 aromatic carbocycles. The highest BCUT2D eigenvalue weighted by molar-refractivity contribution is 5.88. The first-order valence-electron chi connectivity index (χ1n) is 18.8. The summed E-state index contributed by atoms with van der Waals surface area (Å²) in [4.78, 5) is 40.5. The third kappa shape index (κ3) is 5.74. The van der Waals surface area contributed by atoms with Gasteiger partial charge in [0.2, 0.25) is 5.91 Å². The second-order valence-corrected chi connectivity index (χ2v) is 17.6. The Morgan fingerprint density at radius 1 is 0.812 bits per heavy atom. The fourth-order valence-corrected chi connectivity index (χ4v) is 12.8. The van der Waals surface area contributed by atoms with E-state index < -0.39 is 11.9 Å². The average Bonchev–Trinajstić information content (AvgIpc) is 3.46. The molecule has 0 heterocycles. The van der Waals surface area contributed by atoms with Crippen LogP contribution in [0.25, 0.3) is 5.57 Å². The monoisotopic (exact) mass is 660 g/mol. The van der Waals surface area contributed by atoms with Crippen LogP contribution in [0.1, 0.15) is 121 Å². The van der Waals surface area contributed by atoms with E-state index in [-0.39, 0.29) is 40.4 Å². The quantitative estimate of drug-likeness (QED) is 0.263. The molecule has 0 aromatic heterocycles. The summed E-state index contributed by atoms with van der Waals surface area (Å²) in [5, 5.41) is 18.7. The van der Waals surface area contributed by atoms with Crippen LogP contribution in [0.15, 0.2) is 30.3 Å². The van der Waals surface area contributed by atoms with Gasteiger partial charge in [0.25, 0.3) is 0 Å². The first-order valence-corrected chi connectivity index (χ1v) is 18.8. The summed E-state index contributed by atoms with van der Waals surface area (Å²) in [5.41, 5.74) is 3.83. The fraction of sp³-hybridized carbons (Fsp3) is 0.732. The van der Waals surface area contributed by atoms with Crippen molar-refractivity contribution in [2.24, 2.45) is 51.2 Å². The molecule has 1 amide bonds. The molecule has 6 rings (SSSR count). The minimum Gasteiger partial charge on any atom is -0.481 e. The summed E-state index contributed by atoms with van der Waals surface area (Å²) in [5.74, 6) is 1.25. The number of hydrogen-bond donors (Lipinski definition) is 2. The zero-order valence-electron chi connectivity index (χ0n) is 30.4. The molecule has 5 aliphatic rings. The molecule has 8 unspecified atom stereocenters. The minimum absolute atomic E-state index is 0.00574. The molecule has 1 aromatic rings. The summed E-state index contributed by atoms with van der Waals surface area (Å²) >= 11 is 0. The Kier molecular flexibility index (Phi) is 9.45. The van der Waals surface area contributed by atoms with Crippen molar-refractivity contribution in [3.8, 4) is 0 Å². The predicted octanol–water partition coefficient (Wildman–Crippen LogP) is 8.10. The lowest BCUT2D eigenvalue weighted by Gasteiger charge is -2.71. The molecule has 0 radical (unpaired) electrons. The van der Waals surface area contributed by atoms with Gasteiger partial charge in [0.15, 0.2) is 0 Å². The number of rotatable bonds is 10. The number of amides is 1. The summed E-state index contributed by atoms with van der Waals surface area (Å²) in [6.07, 6.45) is 14.7. The smallest absolute Gasteiger partial charge is 0.335 e. The van der Waals surface area contributed by atoms with E-state index in [1.165, 1.54) is 68.9 Å². The van der Waals surface area contributed by atoms with Gasteiger partial charge in [-0.3, -0.25) is 9.59 Å². The molecule has 5 aliphatic carbocycles. The first kappa shape index (κ1) is 35.2. The number of fused-ring (bicyclic) bond motifs is 7. The standard InChI is InChI=1S/C41H60N2O5/c1-27-30(28-9-11-29(12-10-28)37(47)48)17-20-38(2)31(27)18-21-40(4)34(38)14-13-32-33-8-7-19-41(33,23-22-39(32,40)3)26-43(25-24-42(5)6)35(44)15-16-36(45)46/h9-12,17,27,31-34H,7-8,13-16,18-26H2,1-6H3,(H,45,46)(H,47,48)/t27?,31?,32?,33?,34?,38?,39-,40?,41?/m1/s1. The molecule has 0 spiro atoms. The van der Waals surface area contributed by atoms with Crippen LogP contribution in [0.5, 0.6) is 0 Å². The Morgan fingerprint density at radius 3 is 2.21 bits per heavy atom. The number of likely N-dealkylation sites (N-methyl/N-ethyl adjacent to an activating group) is 1. The van der Waals surface area contributed by atoms with Crippen LogP contribution in [0.2, 0.25) is 0 Å². The van der Waals surface area contributed by atoms with Gasteiger partial charge >= 0.3 is 11.9 Å². The van der Waals surface area contributed by atoms with Gasteiger partial charge in [-0.15, -0.1) is 0 Å². The number of carboxylic acids is 2. The van der Waals surface area contributed by atoms with E-state index in [2.05, 4.69) is 38.7 Å². The van der Waals surface area contributed by atoms with Crippen LogP contribution in [0.4, 0.5) is 0 Å². The minimum atomic E-state index is -0.900. The van der Waals surface area contributed by atoms with Crippen LogP contribution in [0.3, 0.4) is 0 Å². The second kappa shape index (κ2) is 12.9. The number of carbonyl (C=O) groups excluding carboxylic acids is 1. The number of hydrogen-bond acceptors (Lipinski definition) is 4. The highest BCUT2D eigenvalue weighted by atomic mass is 16.4. The van der Waals surface area contributed by atoms with Gasteiger partial charge < -0.3 is 20.0 Å². The van der Waals surface area contributed by atoms with Crippen molar-refractivity contribution >= 4 is 23.4 Å². The Hall–Kier alpha value is -2.67. The van der Waals surface area contributed by atoms with Crippen molar-refractivity contribution in [3.63, 3.8) is 0 Å². The molecular weight excluding hydrogens is 600 g/mol. The van der Waals surface area contributed by atoms with Crippen molar-refractivity contribution in [1.29, 1.82) is 0 Å². The maximum absolute atomic E-state index is 13.5. The van der Waals surface area contributed by atoms with Crippen molar-refractivity contribution in [1.82, 2.24) is 9.80 Å². The highest BCUT2D eigenvalue weighted by Crippen LogP contribution is 2.76. The molecule has 7 heteroatoms. The topological polar surface area (TPSA) is 98.2 Å². The van der Waals surface area contributed by atoms with E-state index in [1.807, 2.05) is 31.1 Å². The lowest BCUT2D eigenvalue weighted by atomic mass is 9.33. The van der Waals surface area contributed by atoms with E-state index in [0.29, 0.717) is 41.7 Å². The maximum atomic E-state index is 13.5.